The van der Waals surface area contributed by atoms with E-state index in [0.717, 1.165) is 47.9 Å². The summed E-state index contributed by atoms with van der Waals surface area (Å²) in [5.41, 5.74) is 1.16. The molecule has 1 aromatic rings. The third-order valence-corrected chi connectivity index (χ3v) is 4.49. The second kappa shape index (κ2) is 6.88. The van der Waals surface area contributed by atoms with Crippen LogP contribution in [0.3, 0.4) is 0 Å². The number of benzene rings is 1. The van der Waals surface area contributed by atoms with Crippen LogP contribution in [0.2, 0.25) is 0 Å². The first-order chi connectivity index (χ1) is 8.69. The second-order valence-electron chi connectivity index (χ2n) is 4.96. The first-order valence-corrected chi connectivity index (χ1v) is 7.74. The fourth-order valence-corrected chi connectivity index (χ4v) is 3.36. The lowest BCUT2D eigenvalue weighted by atomic mass is 9.95. The van der Waals surface area contributed by atoms with Crippen LogP contribution in [0, 0.1) is 11.7 Å². The van der Waals surface area contributed by atoms with Crippen molar-refractivity contribution in [3.8, 4) is 0 Å². The van der Waals surface area contributed by atoms with Crippen LogP contribution in [-0.2, 0) is 6.54 Å². The van der Waals surface area contributed by atoms with E-state index in [1.807, 2.05) is 6.07 Å². The smallest absolute Gasteiger partial charge is 0.124 e. The number of likely N-dealkylation sites (tertiary alicyclic amines) is 1. The maximum atomic E-state index is 13.0. The molecule has 1 heterocycles. The Labute approximate surface area is 121 Å². The highest BCUT2D eigenvalue weighted by Gasteiger charge is 2.19. The van der Waals surface area contributed by atoms with Crippen molar-refractivity contribution >= 4 is 27.5 Å². The number of halogens is 3. The zero-order valence-corrected chi connectivity index (χ0v) is 12.7. The van der Waals surface area contributed by atoms with Crippen LogP contribution in [0.5, 0.6) is 0 Å². The topological polar surface area (TPSA) is 3.24 Å². The molecule has 2 rings (SSSR count). The van der Waals surface area contributed by atoms with Gasteiger partial charge in [0.25, 0.3) is 0 Å². The molecule has 4 heteroatoms. The van der Waals surface area contributed by atoms with Crippen LogP contribution >= 0.6 is 27.5 Å². The van der Waals surface area contributed by atoms with E-state index in [-0.39, 0.29) is 5.82 Å². The Morgan fingerprint density at radius 3 is 3.00 bits per heavy atom. The zero-order valence-electron chi connectivity index (χ0n) is 10.3. The Hall–Kier alpha value is -0.120. The van der Waals surface area contributed by atoms with Crippen molar-refractivity contribution in [2.24, 2.45) is 5.92 Å². The fraction of sp³-hybridized carbons (Fsp3) is 0.571. The first-order valence-electron chi connectivity index (χ1n) is 6.41. The molecule has 1 nitrogen and oxygen atoms in total. The van der Waals surface area contributed by atoms with Crippen LogP contribution in [0.15, 0.2) is 22.7 Å². The molecule has 0 saturated carbocycles. The molecule has 1 aliphatic heterocycles. The Balaban J connectivity index is 1.96. The van der Waals surface area contributed by atoms with Crippen molar-refractivity contribution in [1.82, 2.24) is 4.90 Å². The minimum atomic E-state index is -0.190. The first kappa shape index (κ1) is 14.3. The van der Waals surface area contributed by atoms with Crippen molar-refractivity contribution < 1.29 is 4.39 Å². The quantitative estimate of drug-likeness (QED) is 0.736. The summed E-state index contributed by atoms with van der Waals surface area (Å²) < 4.78 is 13.9. The number of nitrogens with zero attached hydrogens (tertiary/aromatic N) is 1. The van der Waals surface area contributed by atoms with Gasteiger partial charge in [-0.2, -0.15) is 0 Å². The standard InChI is InChI=1S/C14H18BrClFN/c15-14-8-13(17)4-3-12(14)10-18-7-1-2-11(9-18)5-6-16/h3-4,8,11H,1-2,5-7,9-10H2. The van der Waals surface area contributed by atoms with Gasteiger partial charge in [0.15, 0.2) is 0 Å². The fourth-order valence-electron chi connectivity index (χ4n) is 2.58. The van der Waals surface area contributed by atoms with Crippen LogP contribution in [0.4, 0.5) is 4.39 Å². The van der Waals surface area contributed by atoms with Gasteiger partial charge in [0, 0.05) is 23.4 Å². The van der Waals surface area contributed by atoms with Crippen LogP contribution < -0.4 is 0 Å². The van der Waals surface area contributed by atoms with Crippen LogP contribution in [0.25, 0.3) is 0 Å². The molecule has 18 heavy (non-hydrogen) atoms. The number of rotatable bonds is 4. The van der Waals surface area contributed by atoms with Crippen molar-refractivity contribution in [3.05, 3.63) is 34.1 Å². The number of hydrogen-bond acceptors (Lipinski definition) is 1. The second-order valence-corrected chi connectivity index (χ2v) is 6.19. The highest BCUT2D eigenvalue weighted by atomic mass is 79.9. The van der Waals surface area contributed by atoms with Gasteiger partial charge in [0.05, 0.1) is 0 Å². The molecule has 100 valence electrons. The zero-order chi connectivity index (χ0) is 13.0. The lowest BCUT2D eigenvalue weighted by molar-refractivity contribution is 0.165. The average molecular weight is 335 g/mol. The molecule has 0 aromatic heterocycles. The van der Waals surface area contributed by atoms with E-state index in [1.165, 1.54) is 25.0 Å². The number of hydrogen-bond donors (Lipinski definition) is 0. The maximum absolute atomic E-state index is 13.0. The third-order valence-electron chi connectivity index (χ3n) is 3.53. The highest BCUT2D eigenvalue weighted by Crippen LogP contribution is 2.24. The Bertz CT molecular complexity index is 397. The maximum Gasteiger partial charge on any atom is 0.124 e. The molecular weight excluding hydrogens is 317 g/mol. The van der Waals surface area contributed by atoms with Crippen LogP contribution in [0.1, 0.15) is 24.8 Å². The van der Waals surface area contributed by atoms with Gasteiger partial charge < -0.3 is 0 Å². The molecule has 1 atom stereocenters. The summed E-state index contributed by atoms with van der Waals surface area (Å²) in [6.45, 7) is 3.12. The van der Waals surface area contributed by atoms with E-state index in [1.54, 1.807) is 0 Å². The van der Waals surface area contributed by atoms with E-state index in [2.05, 4.69) is 20.8 Å². The van der Waals surface area contributed by atoms with Gasteiger partial charge in [-0.1, -0.05) is 22.0 Å². The monoisotopic (exact) mass is 333 g/mol. The number of piperidine rings is 1. The lowest BCUT2D eigenvalue weighted by Crippen LogP contribution is -2.35. The summed E-state index contributed by atoms with van der Waals surface area (Å²) in [5.74, 6) is 1.28. The van der Waals surface area contributed by atoms with Gasteiger partial charge in [-0.15, -0.1) is 11.6 Å². The molecule has 1 unspecified atom stereocenters. The Morgan fingerprint density at radius 1 is 1.44 bits per heavy atom. The van der Waals surface area contributed by atoms with Crippen molar-refractivity contribution in [1.29, 1.82) is 0 Å². The van der Waals surface area contributed by atoms with Gasteiger partial charge in [0.2, 0.25) is 0 Å². The third kappa shape index (κ3) is 3.94. The molecule has 0 bridgehead atoms. The number of alkyl halides is 1. The van der Waals surface area contributed by atoms with Crippen LogP contribution in [-0.4, -0.2) is 23.9 Å². The van der Waals surface area contributed by atoms with Gasteiger partial charge >= 0.3 is 0 Å². The minimum absolute atomic E-state index is 0.190. The molecule has 1 aliphatic rings. The Morgan fingerprint density at radius 2 is 2.28 bits per heavy atom. The molecule has 0 amide bonds. The van der Waals surface area contributed by atoms with E-state index in [9.17, 15) is 4.39 Å². The lowest BCUT2D eigenvalue weighted by Gasteiger charge is -2.32. The molecule has 0 N–H and O–H groups in total. The molecule has 0 spiro atoms. The summed E-state index contributed by atoms with van der Waals surface area (Å²) in [6, 6.07) is 4.93. The predicted molar refractivity (Wildman–Crippen MR) is 77.4 cm³/mol. The summed E-state index contributed by atoms with van der Waals surface area (Å²) >= 11 is 9.25. The van der Waals surface area contributed by atoms with Crippen molar-refractivity contribution in [3.63, 3.8) is 0 Å². The average Bonchev–Trinajstić information content (AvgIpc) is 2.34. The summed E-state index contributed by atoms with van der Waals surface area (Å²) in [4.78, 5) is 2.44. The highest BCUT2D eigenvalue weighted by molar-refractivity contribution is 9.10. The van der Waals surface area contributed by atoms with E-state index in [4.69, 9.17) is 11.6 Å². The van der Waals surface area contributed by atoms with Gasteiger partial charge in [-0.3, -0.25) is 4.90 Å². The van der Waals surface area contributed by atoms with Gasteiger partial charge in [-0.25, -0.2) is 4.39 Å². The Kier molecular flexibility index (Phi) is 5.46. The van der Waals surface area contributed by atoms with Crippen molar-refractivity contribution in [2.45, 2.75) is 25.8 Å². The minimum Gasteiger partial charge on any atom is -0.299 e. The summed E-state index contributed by atoms with van der Waals surface area (Å²) in [5, 5.41) is 0. The molecule has 0 radical (unpaired) electrons. The van der Waals surface area contributed by atoms with Gasteiger partial charge in [-0.05, 0) is 49.4 Å². The van der Waals surface area contributed by atoms with Crippen molar-refractivity contribution in [2.75, 3.05) is 19.0 Å². The molecule has 0 aliphatic carbocycles. The molecule has 1 saturated heterocycles. The van der Waals surface area contributed by atoms with E-state index < -0.39 is 0 Å². The molecular formula is C14H18BrClFN. The van der Waals surface area contributed by atoms with E-state index in [0.29, 0.717) is 0 Å². The van der Waals surface area contributed by atoms with E-state index >= 15 is 0 Å². The largest absolute Gasteiger partial charge is 0.299 e. The molecule has 1 fully saturated rings. The summed E-state index contributed by atoms with van der Waals surface area (Å²) in [7, 11) is 0. The van der Waals surface area contributed by atoms with Gasteiger partial charge in [0.1, 0.15) is 5.82 Å². The normalized spacial score (nSPS) is 21.2. The SMILES string of the molecule is Fc1ccc(CN2CCCC(CCCl)C2)c(Br)c1. The summed E-state index contributed by atoms with van der Waals surface area (Å²) in [6.07, 6.45) is 3.62. The predicted octanol–water partition coefficient (Wildman–Crippen LogP) is 4.43. The molecule has 1 aromatic carbocycles.